The van der Waals surface area contributed by atoms with Crippen LogP contribution in [0.25, 0.3) is 10.9 Å². The van der Waals surface area contributed by atoms with Crippen LogP contribution < -0.4 is 10.7 Å². The number of carboxylic acids is 1. The van der Waals surface area contributed by atoms with Crippen LogP contribution in [0.3, 0.4) is 0 Å². The van der Waals surface area contributed by atoms with Gasteiger partial charge in [0.25, 0.3) is 0 Å². The molecule has 0 bridgehead atoms. The number of esters is 2. The number of methoxy groups -OCH3 is 1. The largest absolute Gasteiger partial charge is 0.477 e. The summed E-state index contributed by atoms with van der Waals surface area (Å²) in [5, 5.41) is 61.5. The molecule has 0 saturated carbocycles. The molecule has 22 nitrogen and oxygen atoms in total. The number of benzene rings is 1. The first-order chi connectivity index (χ1) is 37.8. The SMILES string of the molecule is CC[C@H]1OC(=O)[C@H](C)[C@@H](O[C@H]2C[C@@](C)(OC)[C@@H](OC(=O)CCOCCOCCNc3cc4c(=O)c(C(=O)O)cn(C(C)C)c4cc3Cl)[C@H](C)O2)[C@H](C)[C@@H](O[C@@H]2O[C@H](C)C[C@H](N(C)C)[C@H]2O)[C@](C)(O)C[C@@H](C)CN(C)[C@H](C)[C@@H](O)[C@]1(C)O. The molecular formula is C58H95ClN4O18. The number of hydrogen-bond donors (Lipinski definition) is 6. The molecule has 0 amide bonds. The topological polar surface area (TPSA) is 276 Å². The molecule has 462 valence electrons. The van der Waals surface area contributed by atoms with E-state index in [1.54, 1.807) is 65.2 Å². The predicted octanol–water partition coefficient (Wildman–Crippen LogP) is 5.23. The molecule has 3 fully saturated rings. The number of aliphatic hydroxyl groups excluding tert-OH is 2. The molecule has 81 heavy (non-hydrogen) atoms. The van der Waals surface area contributed by atoms with Crippen LogP contribution in [-0.4, -0.2) is 216 Å². The highest BCUT2D eigenvalue weighted by atomic mass is 35.5. The summed E-state index contributed by atoms with van der Waals surface area (Å²) in [7, 11) is 7.04. The summed E-state index contributed by atoms with van der Waals surface area (Å²) in [4.78, 5) is 56.7. The summed E-state index contributed by atoms with van der Waals surface area (Å²) in [6, 6.07) is 2.13. The summed E-state index contributed by atoms with van der Waals surface area (Å²) < 4.78 is 57.8. The van der Waals surface area contributed by atoms with Gasteiger partial charge in [-0.3, -0.25) is 14.4 Å². The zero-order chi connectivity index (χ0) is 60.6. The number of likely N-dealkylation sites (N-methyl/N-ethyl adjacent to an activating group) is 2. The average Bonchev–Trinajstić information content (AvgIpc) is 3.42. The van der Waals surface area contributed by atoms with E-state index in [-0.39, 0.29) is 87.2 Å². The first-order valence-electron chi connectivity index (χ1n) is 28.5. The number of carbonyl (C=O) groups excluding carboxylic acids is 2. The van der Waals surface area contributed by atoms with Gasteiger partial charge in [-0.15, -0.1) is 0 Å². The summed E-state index contributed by atoms with van der Waals surface area (Å²) >= 11 is 6.56. The van der Waals surface area contributed by atoms with Crippen LogP contribution in [0.15, 0.2) is 23.1 Å². The third-order valence-electron chi connectivity index (χ3n) is 16.7. The minimum absolute atomic E-state index is 0.0180. The Kier molecular flexibility index (Phi) is 24.4. The maximum atomic E-state index is 14.6. The Hall–Kier alpha value is -3.59. The van der Waals surface area contributed by atoms with Crippen molar-refractivity contribution in [3.8, 4) is 0 Å². The molecule has 18 atom stereocenters. The van der Waals surface area contributed by atoms with E-state index < -0.39 is 113 Å². The first kappa shape index (κ1) is 68.2. The standard InChI is InChI=1S/C58H95ClN4O18/c1-17-44-58(12,72)50(67)36(8)62(15)29-32(4)27-56(10,71)51(81-55-48(66)43(61(13)14)24-33(5)76-55)34(6)49(35(7)54(70)78-44)80-46-28-57(11,73-16)52(37(9)77-46)79-45(64)18-20-74-22-23-75-21-19-60-41-25-38-42(26-40(41)59)63(31(2)3)30-39(47(38)65)53(68)69/h25-26,30-37,43-44,46,48-52,55,60,66-67,71-72H,17-24,27-29H2,1-16H3,(H,68,69)/t32-,33-,34+,35-,36-,37+,43+,44-,46+,48-,49+,50-,51-,52+,55+,56-,57-,58-/m1/s1. The number of fused-ring (bicyclic) bond motifs is 1. The molecule has 3 saturated heterocycles. The fraction of sp³-hybridized carbons (Fsp3) is 0.793. The Bertz CT molecular complexity index is 2460. The van der Waals surface area contributed by atoms with Crippen LogP contribution in [0.1, 0.15) is 132 Å². The third kappa shape index (κ3) is 16.6. The Morgan fingerprint density at radius 2 is 1.59 bits per heavy atom. The van der Waals surface area contributed by atoms with Crippen molar-refractivity contribution in [1.82, 2.24) is 14.4 Å². The molecule has 2 aromatic rings. The number of aromatic carboxylic acids is 1. The van der Waals surface area contributed by atoms with E-state index in [1.807, 2.05) is 58.6 Å². The van der Waals surface area contributed by atoms with Gasteiger partial charge in [0.05, 0.1) is 85.0 Å². The Balaban J connectivity index is 1.26. The lowest BCUT2D eigenvalue weighted by Gasteiger charge is -2.49. The van der Waals surface area contributed by atoms with E-state index in [0.717, 1.165) is 0 Å². The number of rotatable bonds is 20. The van der Waals surface area contributed by atoms with E-state index in [9.17, 15) is 44.7 Å². The molecule has 0 aliphatic carbocycles. The summed E-state index contributed by atoms with van der Waals surface area (Å²) in [6.07, 6.45) is -8.04. The lowest BCUT2D eigenvalue weighted by molar-refractivity contribution is -0.318. The lowest BCUT2D eigenvalue weighted by Crippen LogP contribution is -2.61. The van der Waals surface area contributed by atoms with Gasteiger partial charge in [-0.2, -0.15) is 0 Å². The van der Waals surface area contributed by atoms with Crippen LogP contribution in [0, 0.1) is 17.8 Å². The molecule has 0 spiro atoms. The van der Waals surface area contributed by atoms with E-state index in [4.69, 9.17) is 54.2 Å². The number of anilines is 1. The predicted molar refractivity (Wildman–Crippen MR) is 303 cm³/mol. The maximum Gasteiger partial charge on any atom is 0.341 e. The molecule has 1 aromatic heterocycles. The minimum atomic E-state index is -1.87. The highest BCUT2D eigenvalue weighted by molar-refractivity contribution is 6.34. The van der Waals surface area contributed by atoms with E-state index in [2.05, 4.69) is 5.32 Å². The van der Waals surface area contributed by atoms with Gasteiger partial charge in [-0.05, 0) is 121 Å². The zero-order valence-electron chi connectivity index (χ0n) is 50.5. The molecule has 5 rings (SSSR count). The van der Waals surface area contributed by atoms with Crippen molar-refractivity contribution in [3.63, 3.8) is 0 Å². The third-order valence-corrected chi connectivity index (χ3v) is 17.0. The highest BCUT2D eigenvalue weighted by Crippen LogP contribution is 2.41. The minimum Gasteiger partial charge on any atom is -0.477 e. The number of ether oxygens (including phenoxy) is 9. The lowest BCUT2D eigenvalue weighted by atomic mass is 9.77. The fourth-order valence-electron chi connectivity index (χ4n) is 12.0. The van der Waals surface area contributed by atoms with Crippen LogP contribution in [0.5, 0.6) is 0 Å². The van der Waals surface area contributed by atoms with Crippen molar-refractivity contribution < 1.29 is 82.5 Å². The number of hydrogen-bond acceptors (Lipinski definition) is 20. The van der Waals surface area contributed by atoms with Gasteiger partial charge in [-0.1, -0.05) is 32.4 Å². The van der Waals surface area contributed by atoms with Crippen LogP contribution in [0.2, 0.25) is 5.02 Å². The van der Waals surface area contributed by atoms with Gasteiger partial charge < -0.3 is 87.8 Å². The van der Waals surface area contributed by atoms with Gasteiger partial charge in [0, 0.05) is 62.2 Å². The molecular weight excluding hydrogens is 1080 g/mol. The smallest absolute Gasteiger partial charge is 0.341 e. The van der Waals surface area contributed by atoms with Gasteiger partial charge in [0.2, 0.25) is 5.43 Å². The highest BCUT2D eigenvalue weighted by Gasteiger charge is 2.54. The van der Waals surface area contributed by atoms with Gasteiger partial charge >= 0.3 is 17.9 Å². The van der Waals surface area contributed by atoms with Crippen molar-refractivity contribution in [3.05, 3.63) is 39.1 Å². The summed E-state index contributed by atoms with van der Waals surface area (Å²) in [5.74, 6) is -4.80. The summed E-state index contributed by atoms with van der Waals surface area (Å²) in [5.41, 5.74) is -4.68. The van der Waals surface area contributed by atoms with Crippen LogP contribution in [-0.2, 0) is 52.2 Å². The number of halogens is 1. The van der Waals surface area contributed by atoms with Gasteiger partial charge in [-0.25, -0.2) is 4.79 Å². The number of carbonyl (C=O) groups is 3. The number of aromatic nitrogens is 1. The van der Waals surface area contributed by atoms with Gasteiger partial charge in [0.15, 0.2) is 18.7 Å². The molecule has 3 aliphatic rings. The second-order valence-corrected chi connectivity index (χ2v) is 24.5. The van der Waals surface area contributed by atoms with Crippen molar-refractivity contribution in [1.29, 1.82) is 0 Å². The molecule has 4 heterocycles. The maximum absolute atomic E-state index is 14.6. The second-order valence-electron chi connectivity index (χ2n) is 24.1. The Labute approximate surface area is 482 Å². The molecule has 23 heteroatoms. The average molecular weight is 1170 g/mol. The zero-order valence-corrected chi connectivity index (χ0v) is 51.3. The Morgan fingerprint density at radius 1 is 0.938 bits per heavy atom. The number of pyridine rings is 1. The van der Waals surface area contributed by atoms with Crippen molar-refractivity contribution >= 4 is 46.1 Å². The fourth-order valence-corrected chi connectivity index (χ4v) is 12.2. The van der Waals surface area contributed by atoms with E-state index >= 15 is 0 Å². The monoisotopic (exact) mass is 1170 g/mol. The van der Waals surface area contributed by atoms with E-state index in [1.165, 1.54) is 20.2 Å². The van der Waals surface area contributed by atoms with Gasteiger partial charge in [0.1, 0.15) is 35.1 Å². The van der Waals surface area contributed by atoms with E-state index in [0.29, 0.717) is 35.7 Å². The first-order valence-corrected chi connectivity index (χ1v) is 28.9. The number of aliphatic hydroxyl groups is 4. The Morgan fingerprint density at radius 3 is 2.20 bits per heavy atom. The molecule has 0 unspecified atom stereocenters. The number of carboxylic acid groups (broad SMARTS) is 1. The molecule has 6 N–H and O–H groups in total. The quantitative estimate of drug-likeness (QED) is 0.0731. The second kappa shape index (κ2) is 29.0. The molecule has 3 aliphatic heterocycles. The van der Waals surface area contributed by atoms with Crippen molar-refractivity contribution in [2.24, 2.45) is 17.8 Å². The number of nitrogens with one attached hydrogen (secondary N) is 1. The van der Waals surface area contributed by atoms with Crippen molar-refractivity contribution in [2.75, 3.05) is 73.1 Å². The molecule has 0 radical (unpaired) electrons. The molecule has 1 aromatic carbocycles. The summed E-state index contributed by atoms with van der Waals surface area (Å²) in [6.45, 7) is 22.5. The normalized spacial score (nSPS) is 36.0. The number of nitrogens with zero attached hydrogens (tertiary/aromatic N) is 3. The van der Waals surface area contributed by atoms with Crippen LogP contribution >= 0.6 is 11.6 Å². The van der Waals surface area contributed by atoms with Crippen molar-refractivity contribution in [2.45, 2.75) is 212 Å². The van der Waals surface area contributed by atoms with Crippen LogP contribution in [0.4, 0.5) is 5.69 Å². The number of cyclic esters (lactones) is 1.